The lowest BCUT2D eigenvalue weighted by molar-refractivity contribution is -0.160. The number of ether oxygens (including phenoxy) is 1. The molecule has 2 fully saturated rings. The molecule has 0 bridgehead atoms. The van der Waals surface area contributed by atoms with Gasteiger partial charge in [-0.1, -0.05) is 11.6 Å². The lowest BCUT2D eigenvalue weighted by Gasteiger charge is -2.51. The Kier molecular flexibility index (Phi) is 4.22. The maximum Gasteiger partial charge on any atom is 0.311 e. The van der Waals surface area contributed by atoms with Crippen LogP contribution in [0.15, 0.2) is 18.2 Å². The van der Waals surface area contributed by atoms with Crippen LogP contribution in [0.2, 0.25) is 5.02 Å². The van der Waals surface area contributed by atoms with Crippen LogP contribution in [-0.2, 0) is 22.5 Å². The van der Waals surface area contributed by atoms with Crippen molar-refractivity contribution in [1.29, 1.82) is 0 Å². The van der Waals surface area contributed by atoms with Crippen molar-refractivity contribution in [2.24, 2.45) is 17.8 Å². The third kappa shape index (κ3) is 2.79. The van der Waals surface area contributed by atoms with Crippen molar-refractivity contribution >= 4 is 28.5 Å². The number of hydrogen-bond donors (Lipinski definition) is 2. The van der Waals surface area contributed by atoms with Crippen molar-refractivity contribution < 1.29 is 14.6 Å². The van der Waals surface area contributed by atoms with Crippen LogP contribution in [0.4, 0.5) is 0 Å². The van der Waals surface area contributed by atoms with Gasteiger partial charge in [-0.2, -0.15) is 0 Å². The molecule has 6 heteroatoms. The van der Waals surface area contributed by atoms with Crippen LogP contribution in [0.25, 0.3) is 10.9 Å². The second kappa shape index (κ2) is 6.50. The van der Waals surface area contributed by atoms with Gasteiger partial charge in [0.05, 0.1) is 19.1 Å². The molecule has 2 aromatic rings. The minimum absolute atomic E-state index is 0.206. The van der Waals surface area contributed by atoms with E-state index in [-0.39, 0.29) is 17.8 Å². The summed E-state index contributed by atoms with van der Waals surface area (Å²) in [6.07, 6.45) is 3.00. The highest BCUT2D eigenvalue weighted by atomic mass is 35.5. The number of fused-ring (bicyclic) bond motifs is 5. The number of aliphatic hydroxyl groups is 1. The molecule has 27 heavy (non-hydrogen) atoms. The van der Waals surface area contributed by atoms with E-state index in [1.807, 2.05) is 6.07 Å². The fraction of sp³-hybridized carbons (Fsp3) is 0.571. The fourth-order valence-electron chi connectivity index (χ4n) is 5.79. The van der Waals surface area contributed by atoms with Crippen molar-refractivity contribution in [2.75, 3.05) is 13.7 Å². The molecule has 1 aromatic heterocycles. The minimum atomic E-state index is -0.573. The number of methoxy groups -OCH3 is 1. The normalized spacial score (nSPS) is 33.2. The number of H-pyrrole nitrogens is 1. The average molecular weight is 389 g/mol. The predicted molar refractivity (Wildman–Crippen MR) is 104 cm³/mol. The van der Waals surface area contributed by atoms with Crippen LogP contribution in [0.5, 0.6) is 0 Å². The Morgan fingerprint density at radius 2 is 2.22 bits per heavy atom. The molecule has 1 saturated heterocycles. The number of carbonyl (C=O) groups excluding carboxylic acids is 1. The second-order valence-electron chi connectivity index (χ2n) is 8.41. The first-order valence-electron chi connectivity index (χ1n) is 9.84. The van der Waals surface area contributed by atoms with Crippen molar-refractivity contribution in [3.63, 3.8) is 0 Å². The molecule has 1 aliphatic carbocycles. The smallest absolute Gasteiger partial charge is 0.311 e. The number of aliphatic hydroxyl groups excluding tert-OH is 1. The number of aromatic nitrogens is 1. The Morgan fingerprint density at radius 1 is 1.37 bits per heavy atom. The SMILES string of the molecule is COC(=O)[C@@H]1[C@H]2C[C@H]3Cc4c([nH]c5ccc(Cl)cc45)CN3C[C@@H]2CC[C@@H]1O. The van der Waals surface area contributed by atoms with Crippen molar-refractivity contribution in [2.45, 2.75) is 44.4 Å². The lowest BCUT2D eigenvalue weighted by atomic mass is 9.65. The minimum Gasteiger partial charge on any atom is -0.469 e. The fourth-order valence-corrected chi connectivity index (χ4v) is 5.96. The number of aromatic amines is 1. The quantitative estimate of drug-likeness (QED) is 0.736. The standard InChI is InChI=1S/C21H25ClN2O3/c1-27-21(26)20-14-7-13-8-16-15-6-12(22)3-4-17(15)23-18(16)10-24(13)9-11(14)2-5-19(20)25/h3-4,6,11,13-14,19-20,23,25H,2,5,7-10H2,1H3/t11-,13-,14-,19-,20+/m0/s1. The third-order valence-corrected chi connectivity index (χ3v) is 7.31. The van der Waals surface area contributed by atoms with Gasteiger partial charge in [0, 0.05) is 40.8 Å². The molecule has 2 aliphatic heterocycles. The van der Waals surface area contributed by atoms with E-state index in [1.54, 1.807) is 0 Å². The summed E-state index contributed by atoms with van der Waals surface area (Å²) >= 11 is 6.23. The van der Waals surface area contributed by atoms with E-state index in [4.69, 9.17) is 16.3 Å². The number of nitrogens with one attached hydrogen (secondary N) is 1. The summed E-state index contributed by atoms with van der Waals surface area (Å²) in [5.74, 6) is 0.0302. The van der Waals surface area contributed by atoms with E-state index in [0.717, 1.165) is 42.9 Å². The topological polar surface area (TPSA) is 65.6 Å². The van der Waals surface area contributed by atoms with Crippen LogP contribution in [0.3, 0.4) is 0 Å². The molecule has 0 amide bonds. The number of piperidine rings is 1. The van der Waals surface area contributed by atoms with Gasteiger partial charge in [-0.3, -0.25) is 9.69 Å². The first-order chi connectivity index (χ1) is 13.0. The van der Waals surface area contributed by atoms with Crippen LogP contribution >= 0.6 is 11.6 Å². The molecule has 3 heterocycles. The molecule has 5 atom stereocenters. The van der Waals surface area contributed by atoms with E-state index in [0.29, 0.717) is 18.4 Å². The first kappa shape index (κ1) is 17.5. The van der Waals surface area contributed by atoms with Crippen molar-refractivity contribution in [1.82, 2.24) is 9.88 Å². The largest absolute Gasteiger partial charge is 0.469 e. The Morgan fingerprint density at radius 3 is 3.04 bits per heavy atom. The van der Waals surface area contributed by atoms with E-state index >= 15 is 0 Å². The second-order valence-corrected chi connectivity index (χ2v) is 8.85. The molecular formula is C21H25ClN2O3. The maximum absolute atomic E-state index is 12.3. The molecule has 144 valence electrons. The van der Waals surface area contributed by atoms with E-state index < -0.39 is 6.10 Å². The third-order valence-electron chi connectivity index (χ3n) is 7.08. The predicted octanol–water partition coefficient (Wildman–Crippen LogP) is 3.13. The van der Waals surface area contributed by atoms with Crippen LogP contribution in [0, 0.1) is 17.8 Å². The highest BCUT2D eigenvalue weighted by Gasteiger charge is 2.49. The number of nitrogens with zero attached hydrogens (tertiary/aromatic N) is 1. The number of carbonyl (C=O) groups is 1. The number of halogens is 1. The summed E-state index contributed by atoms with van der Waals surface area (Å²) < 4.78 is 5.03. The van der Waals surface area contributed by atoms with Crippen molar-refractivity contribution in [3.8, 4) is 0 Å². The Hall–Kier alpha value is -1.56. The van der Waals surface area contributed by atoms with Crippen LogP contribution in [0.1, 0.15) is 30.5 Å². The molecule has 1 aromatic carbocycles. The van der Waals surface area contributed by atoms with Gasteiger partial charge in [0.25, 0.3) is 0 Å². The lowest BCUT2D eigenvalue weighted by Crippen LogP contribution is -2.55. The highest BCUT2D eigenvalue weighted by Crippen LogP contribution is 2.45. The zero-order chi connectivity index (χ0) is 18.7. The van der Waals surface area contributed by atoms with Gasteiger partial charge in [0.15, 0.2) is 0 Å². The van der Waals surface area contributed by atoms with Crippen molar-refractivity contribution in [3.05, 3.63) is 34.5 Å². The first-order valence-corrected chi connectivity index (χ1v) is 10.2. The molecule has 2 N–H and O–H groups in total. The van der Waals surface area contributed by atoms with Gasteiger partial charge >= 0.3 is 5.97 Å². The van der Waals surface area contributed by atoms with Gasteiger partial charge in [-0.05, 0) is 61.3 Å². The van der Waals surface area contributed by atoms with E-state index in [1.165, 1.54) is 23.8 Å². The van der Waals surface area contributed by atoms with Crippen LogP contribution < -0.4 is 0 Å². The van der Waals surface area contributed by atoms with E-state index in [9.17, 15) is 9.90 Å². The number of benzene rings is 1. The molecule has 0 spiro atoms. The molecule has 5 nitrogen and oxygen atoms in total. The van der Waals surface area contributed by atoms with E-state index in [2.05, 4.69) is 22.0 Å². The maximum atomic E-state index is 12.3. The van der Waals surface area contributed by atoms with Gasteiger partial charge in [-0.15, -0.1) is 0 Å². The number of hydrogen-bond acceptors (Lipinski definition) is 4. The van der Waals surface area contributed by atoms with Gasteiger partial charge in [0.1, 0.15) is 0 Å². The summed E-state index contributed by atoms with van der Waals surface area (Å²) in [5.41, 5.74) is 3.80. The molecule has 3 aliphatic rings. The molecule has 0 unspecified atom stereocenters. The molecule has 1 saturated carbocycles. The summed E-state index contributed by atoms with van der Waals surface area (Å²) in [6.45, 7) is 1.91. The number of rotatable bonds is 1. The summed E-state index contributed by atoms with van der Waals surface area (Å²) in [6, 6.07) is 6.43. The summed E-state index contributed by atoms with van der Waals surface area (Å²) in [5, 5.41) is 12.4. The van der Waals surface area contributed by atoms with Gasteiger partial charge < -0.3 is 14.8 Å². The Balaban J connectivity index is 1.47. The highest BCUT2D eigenvalue weighted by molar-refractivity contribution is 6.31. The monoisotopic (exact) mass is 388 g/mol. The Bertz CT molecular complexity index is 895. The van der Waals surface area contributed by atoms with Gasteiger partial charge in [-0.25, -0.2) is 0 Å². The Labute approximate surface area is 163 Å². The summed E-state index contributed by atoms with van der Waals surface area (Å²) in [7, 11) is 1.43. The molecular weight excluding hydrogens is 364 g/mol. The average Bonchev–Trinajstić information content (AvgIpc) is 3.00. The summed E-state index contributed by atoms with van der Waals surface area (Å²) in [4.78, 5) is 18.5. The zero-order valence-corrected chi connectivity index (χ0v) is 16.2. The molecule has 0 radical (unpaired) electrons. The zero-order valence-electron chi connectivity index (χ0n) is 15.5. The number of esters is 1. The molecule has 5 rings (SSSR count). The van der Waals surface area contributed by atoms with Gasteiger partial charge in [0.2, 0.25) is 0 Å². The van der Waals surface area contributed by atoms with Crippen LogP contribution in [-0.4, -0.2) is 46.8 Å².